The Morgan fingerprint density at radius 1 is 1.27 bits per heavy atom. The average Bonchev–Trinajstić information content (AvgIpc) is 3.36. The van der Waals surface area contributed by atoms with Crippen molar-refractivity contribution in [3.8, 4) is 10.8 Å². The molecule has 2 atom stereocenters. The molecule has 1 aliphatic rings. The number of aromatic nitrogens is 4. The summed E-state index contributed by atoms with van der Waals surface area (Å²) >= 11 is 1.20. The highest BCUT2D eigenvalue weighted by molar-refractivity contribution is 7.09. The summed E-state index contributed by atoms with van der Waals surface area (Å²) in [5.74, 6) is -0.169. The lowest BCUT2D eigenvalue weighted by Gasteiger charge is -2.35. The molecule has 0 saturated heterocycles. The van der Waals surface area contributed by atoms with Crippen molar-refractivity contribution < 1.29 is 24.2 Å². The molecule has 0 bridgehead atoms. The van der Waals surface area contributed by atoms with Gasteiger partial charge in [-0.05, 0) is 49.6 Å². The summed E-state index contributed by atoms with van der Waals surface area (Å²) in [6.45, 7) is 4.45. The molecule has 3 aromatic rings. The van der Waals surface area contributed by atoms with Gasteiger partial charge in [0.1, 0.15) is 17.9 Å². The maximum absolute atomic E-state index is 13.3. The molecule has 0 radical (unpaired) electrons. The fourth-order valence-corrected chi connectivity index (χ4v) is 4.52. The number of nitrogens with one attached hydrogen (secondary N) is 1. The molecule has 2 unspecified atom stereocenters. The number of carbonyl (C=O) groups is 2. The van der Waals surface area contributed by atoms with E-state index in [4.69, 9.17) is 5.11 Å². The number of imidazole rings is 1. The molecule has 1 amide bonds. The molecule has 0 fully saturated rings. The predicted molar refractivity (Wildman–Crippen MR) is 118 cm³/mol. The third kappa shape index (κ3) is 4.71. The van der Waals surface area contributed by atoms with Crippen LogP contribution in [-0.2, 0) is 11.3 Å². The minimum atomic E-state index is -1.14. The van der Waals surface area contributed by atoms with E-state index >= 15 is 0 Å². The minimum Gasteiger partial charge on any atom is -0.481 e. The van der Waals surface area contributed by atoms with Crippen molar-refractivity contribution in [1.29, 1.82) is 0 Å². The normalized spacial score (nSPS) is 16.4. The lowest BCUT2D eigenvalue weighted by molar-refractivity contribution is -0.137. The van der Waals surface area contributed by atoms with Gasteiger partial charge in [0.05, 0.1) is 11.7 Å². The largest absolute Gasteiger partial charge is 0.481 e. The van der Waals surface area contributed by atoms with Gasteiger partial charge in [-0.1, -0.05) is 0 Å². The van der Waals surface area contributed by atoms with E-state index in [1.807, 2.05) is 11.5 Å². The van der Waals surface area contributed by atoms with Crippen molar-refractivity contribution in [2.45, 2.75) is 45.5 Å². The van der Waals surface area contributed by atoms with Crippen LogP contribution in [0, 0.1) is 12.7 Å². The van der Waals surface area contributed by atoms with E-state index in [0.29, 0.717) is 46.8 Å². The van der Waals surface area contributed by atoms with Gasteiger partial charge in [0.15, 0.2) is 16.6 Å². The van der Waals surface area contributed by atoms with Crippen molar-refractivity contribution in [3.05, 3.63) is 47.2 Å². The van der Waals surface area contributed by atoms with Crippen molar-refractivity contribution in [2.24, 2.45) is 0 Å². The molecule has 174 valence electrons. The molecule has 0 spiro atoms. The van der Waals surface area contributed by atoms with Crippen LogP contribution in [-0.4, -0.2) is 58.7 Å². The number of rotatable bonds is 7. The summed E-state index contributed by atoms with van der Waals surface area (Å²) in [6, 6.07) is 4.95. The smallest absolute Gasteiger partial charge is 0.303 e. The average molecular weight is 475 g/mol. The first-order chi connectivity index (χ1) is 15.7. The summed E-state index contributed by atoms with van der Waals surface area (Å²) in [5, 5.41) is 22.7. The molecule has 0 saturated carbocycles. The molecule has 10 nitrogen and oxygen atoms in total. The highest BCUT2D eigenvalue weighted by atomic mass is 32.1. The van der Waals surface area contributed by atoms with Gasteiger partial charge in [-0.2, -0.15) is 4.37 Å². The highest BCUT2D eigenvalue weighted by Crippen LogP contribution is 2.37. The van der Waals surface area contributed by atoms with Crippen LogP contribution >= 0.6 is 11.5 Å². The second-order valence-corrected chi connectivity index (χ2v) is 8.49. The van der Waals surface area contributed by atoms with Gasteiger partial charge in [-0.3, -0.25) is 9.59 Å². The number of hydrogen-bond acceptors (Lipinski definition) is 8. The molecule has 4 rings (SSSR count). The number of carboxylic acid groups (broad SMARTS) is 1. The first-order valence-electron chi connectivity index (χ1n) is 10.4. The summed E-state index contributed by atoms with van der Waals surface area (Å²) in [7, 11) is 0. The second-order valence-electron chi connectivity index (χ2n) is 7.74. The Hall–Kier alpha value is -3.38. The van der Waals surface area contributed by atoms with Crippen LogP contribution in [0.2, 0.25) is 0 Å². The van der Waals surface area contributed by atoms with E-state index in [1.165, 1.54) is 35.8 Å². The predicted octanol–water partition coefficient (Wildman–Crippen LogP) is 2.66. The van der Waals surface area contributed by atoms with E-state index < -0.39 is 24.1 Å². The van der Waals surface area contributed by atoms with Crippen LogP contribution in [0.25, 0.3) is 10.8 Å². The molecule has 3 N–H and O–H groups in total. The van der Waals surface area contributed by atoms with Gasteiger partial charge >= 0.3 is 5.97 Å². The van der Waals surface area contributed by atoms with Crippen LogP contribution < -0.4 is 5.32 Å². The van der Waals surface area contributed by atoms with Crippen LogP contribution in [0.15, 0.2) is 24.3 Å². The number of carbonyl (C=O) groups excluding carboxylic acids is 1. The second kappa shape index (κ2) is 9.24. The van der Waals surface area contributed by atoms with E-state index in [2.05, 4.69) is 19.7 Å². The fraction of sp³-hybridized carbons (Fsp3) is 0.381. The number of carboxylic acids is 1. The first kappa shape index (κ1) is 22.8. The Kier molecular flexibility index (Phi) is 6.38. The van der Waals surface area contributed by atoms with Gasteiger partial charge in [-0.25, -0.2) is 14.4 Å². The zero-order valence-corrected chi connectivity index (χ0v) is 18.8. The number of hydrogen-bond donors (Lipinski definition) is 3. The Morgan fingerprint density at radius 2 is 2.00 bits per heavy atom. The quantitative estimate of drug-likeness (QED) is 0.445. The summed E-state index contributed by atoms with van der Waals surface area (Å²) in [4.78, 5) is 34.7. The highest BCUT2D eigenvalue weighted by Gasteiger charge is 2.35. The molecule has 2 aromatic heterocycles. The van der Waals surface area contributed by atoms with Crippen LogP contribution in [0.3, 0.4) is 0 Å². The number of aliphatic carboxylic acids is 1. The van der Waals surface area contributed by atoms with Gasteiger partial charge in [0.25, 0.3) is 5.91 Å². The molecule has 1 aromatic carbocycles. The fourth-order valence-electron chi connectivity index (χ4n) is 3.85. The zero-order valence-electron chi connectivity index (χ0n) is 18.0. The van der Waals surface area contributed by atoms with Crippen molar-refractivity contribution in [3.63, 3.8) is 0 Å². The van der Waals surface area contributed by atoms with Crippen molar-refractivity contribution in [2.75, 3.05) is 11.9 Å². The number of aliphatic hydroxyl groups excluding tert-OH is 1. The van der Waals surface area contributed by atoms with Crippen LogP contribution in [0.1, 0.15) is 47.7 Å². The topological polar surface area (TPSA) is 133 Å². The third-order valence-corrected chi connectivity index (χ3v) is 6.24. The lowest BCUT2D eigenvalue weighted by Crippen LogP contribution is -2.41. The molecule has 1 aliphatic heterocycles. The van der Waals surface area contributed by atoms with Crippen LogP contribution in [0.4, 0.5) is 10.2 Å². The van der Waals surface area contributed by atoms with E-state index in [9.17, 15) is 19.1 Å². The Labute approximate surface area is 192 Å². The summed E-state index contributed by atoms with van der Waals surface area (Å²) in [6.07, 6.45) is -1.36. The molecule has 3 heterocycles. The lowest BCUT2D eigenvalue weighted by atomic mass is 10.1. The van der Waals surface area contributed by atoms with Gasteiger partial charge in [0.2, 0.25) is 0 Å². The maximum atomic E-state index is 13.3. The van der Waals surface area contributed by atoms with Crippen molar-refractivity contribution in [1.82, 2.24) is 23.8 Å². The third-order valence-electron chi connectivity index (χ3n) is 5.44. The Balaban J connectivity index is 1.68. The molecule has 33 heavy (non-hydrogen) atoms. The van der Waals surface area contributed by atoms with Gasteiger partial charge in [0, 0.05) is 31.5 Å². The monoisotopic (exact) mass is 474 g/mol. The number of aryl methyl sites for hydroxylation is 1. The number of benzene rings is 1. The number of anilines is 1. The Morgan fingerprint density at radius 3 is 2.64 bits per heavy atom. The first-order valence-corrected chi connectivity index (χ1v) is 11.2. The van der Waals surface area contributed by atoms with E-state index in [-0.39, 0.29) is 18.7 Å². The van der Waals surface area contributed by atoms with Gasteiger partial charge in [-0.15, -0.1) is 0 Å². The zero-order chi connectivity index (χ0) is 23.7. The van der Waals surface area contributed by atoms with E-state index in [0.717, 1.165) is 0 Å². The number of amides is 1. The Bertz CT molecular complexity index is 1180. The van der Waals surface area contributed by atoms with Crippen LogP contribution in [0.5, 0.6) is 0 Å². The number of aliphatic hydroxyl groups is 1. The molecular formula is C21H23FN6O4S. The molecular weight excluding hydrogens is 451 g/mol. The summed E-state index contributed by atoms with van der Waals surface area (Å²) < 4.78 is 19.5. The standard InChI is InChI=1S/C21H23FN6O4S/c1-11-17-18(24-15(29)7-8-16(30)31)25-19(20-23-12(2)26-33-20)28(17)10-9-27(11)21(32)13-3-5-14(22)6-4-13/h3-6,11,15,24,29H,7-10H2,1-2H3,(H,30,31). The SMILES string of the molecule is Cc1nsc(-c2nc(NC(O)CCC(=O)O)c3n2CCN(C(=O)c2ccc(F)cc2)C3C)n1. The maximum Gasteiger partial charge on any atom is 0.303 e. The number of fused-ring (bicyclic) bond motifs is 1. The number of halogens is 1. The van der Waals surface area contributed by atoms with Gasteiger partial charge < -0.3 is 25.0 Å². The summed E-state index contributed by atoms with van der Waals surface area (Å²) in [5.41, 5.74) is 1.03. The van der Waals surface area contributed by atoms with E-state index in [1.54, 1.807) is 11.8 Å². The minimum absolute atomic E-state index is 0.0124. The van der Waals surface area contributed by atoms with Crippen molar-refractivity contribution >= 4 is 29.2 Å². The molecule has 0 aliphatic carbocycles. The number of nitrogens with zero attached hydrogens (tertiary/aromatic N) is 5. The molecule has 12 heteroatoms.